The van der Waals surface area contributed by atoms with Crippen LogP contribution in [0.15, 0.2) is 17.6 Å². The molecule has 15 heavy (non-hydrogen) atoms. The van der Waals surface area contributed by atoms with Gasteiger partial charge >= 0.3 is 89.6 Å². The second-order valence-corrected chi connectivity index (χ2v) is 3.52. The Morgan fingerprint density at radius 1 is 1.60 bits per heavy atom. The molecule has 1 atom stereocenters. The molecule has 0 N–H and O–H groups in total. The van der Waals surface area contributed by atoms with E-state index in [0.717, 1.165) is 25.8 Å². The monoisotopic (exact) mass is 206 g/mol. The van der Waals surface area contributed by atoms with Gasteiger partial charge in [-0.1, -0.05) is 0 Å². The molecule has 1 saturated heterocycles. The zero-order valence-electron chi connectivity index (χ0n) is 8.76. The SMILES string of the molecule is C=CCN1CCCCC(N=CB=O)C1=O. The van der Waals surface area contributed by atoms with Gasteiger partial charge in [-0.15, -0.1) is 0 Å². The molecule has 5 heteroatoms. The van der Waals surface area contributed by atoms with Crippen molar-refractivity contribution in [1.29, 1.82) is 0 Å². The fourth-order valence-corrected chi connectivity index (χ4v) is 1.70. The molecule has 1 aliphatic heterocycles. The van der Waals surface area contributed by atoms with Crippen molar-refractivity contribution < 1.29 is 9.50 Å². The number of nitrogens with zero attached hydrogens (tertiary/aromatic N) is 2. The minimum absolute atomic E-state index is 0.00509. The quantitative estimate of drug-likeness (QED) is 0.384. The summed E-state index contributed by atoms with van der Waals surface area (Å²) in [5.41, 5.74) is 0. The van der Waals surface area contributed by atoms with E-state index in [4.69, 9.17) is 0 Å². The molecule has 0 aliphatic carbocycles. The van der Waals surface area contributed by atoms with Gasteiger partial charge in [-0.3, -0.25) is 0 Å². The molecule has 0 bridgehead atoms. The van der Waals surface area contributed by atoms with Gasteiger partial charge in [-0.2, -0.15) is 0 Å². The molecule has 0 aromatic heterocycles. The Morgan fingerprint density at radius 3 is 3.07 bits per heavy atom. The van der Waals surface area contributed by atoms with Crippen LogP contribution in [-0.2, 0) is 9.50 Å². The number of hydrogen-bond acceptors (Lipinski definition) is 3. The molecule has 4 nitrogen and oxygen atoms in total. The summed E-state index contributed by atoms with van der Waals surface area (Å²) in [4.78, 5) is 17.6. The maximum atomic E-state index is 11.9. The summed E-state index contributed by atoms with van der Waals surface area (Å²) in [6, 6.07) is -0.377. The third kappa shape index (κ3) is 3.42. The van der Waals surface area contributed by atoms with Crippen LogP contribution < -0.4 is 0 Å². The molecule has 0 radical (unpaired) electrons. The van der Waals surface area contributed by atoms with Gasteiger partial charge in [0.1, 0.15) is 0 Å². The van der Waals surface area contributed by atoms with Gasteiger partial charge in [0, 0.05) is 0 Å². The number of likely N-dealkylation sites (tertiary alicyclic amines) is 1. The minimum atomic E-state index is -0.377. The van der Waals surface area contributed by atoms with Crippen LogP contribution in [0.4, 0.5) is 0 Å². The van der Waals surface area contributed by atoms with E-state index in [9.17, 15) is 9.50 Å². The van der Waals surface area contributed by atoms with Crippen molar-refractivity contribution in [3.8, 4) is 0 Å². The van der Waals surface area contributed by atoms with Gasteiger partial charge in [-0.25, -0.2) is 0 Å². The van der Waals surface area contributed by atoms with E-state index >= 15 is 0 Å². The molecule has 1 fully saturated rings. The fraction of sp³-hybridized carbons (Fsp3) is 0.600. The van der Waals surface area contributed by atoms with E-state index in [2.05, 4.69) is 11.6 Å². The van der Waals surface area contributed by atoms with Gasteiger partial charge in [0.25, 0.3) is 0 Å². The van der Waals surface area contributed by atoms with Crippen molar-refractivity contribution >= 4 is 19.2 Å². The Morgan fingerprint density at radius 2 is 2.40 bits per heavy atom. The molecule has 0 spiro atoms. The first-order valence-corrected chi connectivity index (χ1v) is 5.16. The number of carbonyl (C=O) groups excluding carboxylic acids is 1. The van der Waals surface area contributed by atoms with E-state index in [-0.39, 0.29) is 11.9 Å². The summed E-state index contributed by atoms with van der Waals surface area (Å²) in [5, 5.41) is 0. The zero-order valence-corrected chi connectivity index (χ0v) is 8.76. The Balaban J connectivity index is 2.69. The number of aliphatic imine (C=N–C) groups is 1. The average molecular weight is 206 g/mol. The van der Waals surface area contributed by atoms with Crippen molar-refractivity contribution in [3.05, 3.63) is 12.7 Å². The molecule has 0 aromatic rings. The Kier molecular flexibility index (Phi) is 4.94. The molecule has 1 unspecified atom stereocenters. The first-order valence-electron chi connectivity index (χ1n) is 5.16. The molecular weight excluding hydrogens is 191 g/mol. The number of amides is 1. The summed E-state index contributed by atoms with van der Waals surface area (Å²) in [7, 11) is 0.607. The van der Waals surface area contributed by atoms with Crippen LogP contribution >= 0.6 is 0 Å². The van der Waals surface area contributed by atoms with Crippen molar-refractivity contribution in [1.82, 2.24) is 4.90 Å². The summed E-state index contributed by atoms with van der Waals surface area (Å²) in [6.45, 7) is 4.94. The summed E-state index contributed by atoms with van der Waals surface area (Å²) in [5.74, 6) is 0.00509. The van der Waals surface area contributed by atoms with E-state index in [0.29, 0.717) is 13.7 Å². The second kappa shape index (κ2) is 6.27. The van der Waals surface area contributed by atoms with Crippen LogP contribution in [0.1, 0.15) is 19.3 Å². The first kappa shape index (κ1) is 11.8. The Hall–Kier alpha value is -1.26. The first-order chi connectivity index (χ1) is 7.29. The second-order valence-electron chi connectivity index (χ2n) is 3.52. The van der Waals surface area contributed by atoms with Gasteiger partial charge in [-0.05, 0) is 0 Å². The molecule has 80 valence electrons. The third-order valence-electron chi connectivity index (χ3n) is 2.43. The van der Waals surface area contributed by atoms with E-state index in [1.54, 1.807) is 11.0 Å². The molecule has 1 heterocycles. The van der Waals surface area contributed by atoms with Crippen molar-refractivity contribution in [3.63, 3.8) is 0 Å². The van der Waals surface area contributed by atoms with Gasteiger partial charge in [0.05, 0.1) is 0 Å². The maximum absolute atomic E-state index is 11.9. The average Bonchev–Trinajstić information content (AvgIpc) is 2.41. The van der Waals surface area contributed by atoms with Crippen LogP contribution in [0, 0.1) is 0 Å². The standard InChI is InChI=1S/C10H15BN2O2/c1-2-6-13-7-4-3-5-9(10(13)14)12-8-11-15/h2,8-9H,1,3-7H2. The number of carbonyl (C=O) groups is 1. The predicted molar refractivity (Wildman–Crippen MR) is 59.3 cm³/mol. The molecule has 1 aliphatic rings. The molecular formula is C10H15BN2O2. The van der Waals surface area contributed by atoms with Crippen LogP contribution in [-0.4, -0.2) is 43.2 Å². The fourth-order valence-electron chi connectivity index (χ4n) is 1.70. The molecule has 0 aromatic carbocycles. The van der Waals surface area contributed by atoms with Crippen LogP contribution in [0.3, 0.4) is 0 Å². The molecule has 1 rings (SSSR count). The summed E-state index contributed by atoms with van der Waals surface area (Å²) >= 11 is 0. The van der Waals surface area contributed by atoms with Crippen LogP contribution in [0.5, 0.6) is 0 Å². The van der Waals surface area contributed by atoms with Crippen LogP contribution in [0.25, 0.3) is 0 Å². The van der Waals surface area contributed by atoms with E-state index in [1.807, 2.05) is 0 Å². The van der Waals surface area contributed by atoms with Gasteiger partial charge in [0.15, 0.2) is 0 Å². The molecule has 0 saturated carbocycles. The van der Waals surface area contributed by atoms with Gasteiger partial charge < -0.3 is 0 Å². The molecule has 1 amide bonds. The number of rotatable bonds is 4. The topological polar surface area (TPSA) is 49.7 Å². The normalized spacial score (nSPS) is 22.5. The predicted octanol–water partition coefficient (Wildman–Crippen LogP) is 0.631. The third-order valence-corrected chi connectivity index (χ3v) is 2.43. The summed E-state index contributed by atoms with van der Waals surface area (Å²) in [6.07, 6.45) is 5.58. The van der Waals surface area contributed by atoms with Crippen molar-refractivity contribution in [2.75, 3.05) is 13.1 Å². The zero-order chi connectivity index (χ0) is 11.1. The number of hydrogen-bond donors (Lipinski definition) is 0. The van der Waals surface area contributed by atoms with Crippen LogP contribution in [0.2, 0.25) is 0 Å². The van der Waals surface area contributed by atoms with Gasteiger partial charge in [0.2, 0.25) is 0 Å². The van der Waals surface area contributed by atoms with Crippen molar-refractivity contribution in [2.24, 2.45) is 4.99 Å². The van der Waals surface area contributed by atoms with E-state index < -0.39 is 0 Å². The summed E-state index contributed by atoms with van der Waals surface area (Å²) < 4.78 is 10.2. The van der Waals surface area contributed by atoms with E-state index in [1.165, 1.54) is 6.11 Å². The van der Waals surface area contributed by atoms with Crippen molar-refractivity contribution in [2.45, 2.75) is 25.3 Å². The Labute approximate surface area is 90.3 Å². The Bertz CT molecular complexity index is 279.